The molecule has 0 aliphatic carbocycles. The van der Waals surface area contributed by atoms with Crippen LogP contribution in [-0.2, 0) is 21.4 Å². The molecule has 0 saturated carbocycles. The van der Waals surface area contributed by atoms with Crippen molar-refractivity contribution in [3.05, 3.63) is 59.1 Å². The highest BCUT2D eigenvalue weighted by molar-refractivity contribution is 7.89. The van der Waals surface area contributed by atoms with Gasteiger partial charge in [0.05, 0.1) is 17.5 Å². The van der Waals surface area contributed by atoms with Crippen molar-refractivity contribution in [1.82, 2.24) is 9.21 Å². The van der Waals surface area contributed by atoms with Crippen molar-refractivity contribution in [2.45, 2.75) is 24.3 Å². The predicted molar refractivity (Wildman–Crippen MR) is 110 cm³/mol. The maximum Gasteiger partial charge on any atom is 0.244 e. The second kappa shape index (κ2) is 7.63. The number of halogens is 1. The van der Waals surface area contributed by atoms with Crippen LogP contribution in [0.1, 0.15) is 18.4 Å². The lowest BCUT2D eigenvalue weighted by atomic mass is 9.71. The van der Waals surface area contributed by atoms with Gasteiger partial charge in [-0.2, -0.15) is 4.31 Å². The Morgan fingerprint density at radius 2 is 1.72 bits per heavy atom. The van der Waals surface area contributed by atoms with E-state index in [1.54, 1.807) is 25.3 Å². The Bertz CT molecular complexity index is 1020. The molecule has 2 saturated heterocycles. The summed E-state index contributed by atoms with van der Waals surface area (Å²) in [6, 6.07) is 14.1. The highest BCUT2D eigenvalue weighted by Gasteiger charge is 2.53. The summed E-state index contributed by atoms with van der Waals surface area (Å²) in [6.45, 7) is 1.88. The fraction of sp³-hybridized carbons (Fsp3) is 0.381. The number of β-lactam (4-membered cyclic amide) rings is 1. The van der Waals surface area contributed by atoms with Crippen LogP contribution in [0.25, 0.3) is 0 Å². The van der Waals surface area contributed by atoms with Gasteiger partial charge in [0.1, 0.15) is 10.6 Å². The number of likely N-dealkylation sites (tertiary alicyclic amines) is 1. The van der Waals surface area contributed by atoms with Gasteiger partial charge in [-0.25, -0.2) is 8.42 Å². The summed E-state index contributed by atoms with van der Waals surface area (Å²) in [5, 5.41) is 0.221. The number of nitrogens with zero attached hydrogens (tertiary/aromatic N) is 2. The number of carbonyl (C=O) groups excluding carboxylic acids is 1. The molecule has 2 aromatic carbocycles. The third kappa shape index (κ3) is 3.63. The minimum atomic E-state index is -3.65. The molecule has 6 nitrogen and oxygen atoms in total. The van der Waals surface area contributed by atoms with Gasteiger partial charge in [0.25, 0.3) is 0 Å². The van der Waals surface area contributed by atoms with Gasteiger partial charge in [-0.1, -0.05) is 35.9 Å². The first-order valence-electron chi connectivity index (χ1n) is 9.53. The van der Waals surface area contributed by atoms with Crippen LogP contribution < -0.4 is 4.74 Å². The maximum atomic E-state index is 12.9. The maximum absolute atomic E-state index is 12.9. The Labute approximate surface area is 176 Å². The number of carbonyl (C=O) groups is 1. The van der Waals surface area contributed by atoms with Crippen LogP contribution in [0.3, 0.4) is 0 Å². The van der Waals surface area contributed by atoms with E-state index >= 15 is 0 Å². The first-order chi connectivity index (χ1) is 13.9. The molecule has 2 aliphatic rings. The van der Waals surface area contributed by atoms with E-state index < -0.39 is 15.4 Å². The van der Waals surface area contributed by atoms with Gasteiger partial charge in [0.15, 0.2) is 0 Å². The van der Waals surface area contributed by atoms with E-state index in [0.29, 0.717) is 39.0 Å². The number of sulfonamides is 1. The predicted octanol–water partition coefficient (Wildman–Crippen LogP) is 3.16. The van der Waals surface area contributed by atoms with Crippen molar-refractivity contribution >= 4 is 27.5 Å². The van der Waals surface area contributed by atoms with Crippen LogP contribution in [0.5, 0.6) is 5.75 Å². The summed E-state index contributed by atoms with van der Waals surface area (Å²) < 4.78 is 32.4. The molecule has 0 aromatic heterocycles. The Hall–Kier alpha value is -2.09. The molecule has 0 N–H and O–H groups in total. The molecule has 0 unspecified atom stereocenters. The standard InChI is InChI=1S/C21H23ClN2O4S/c1-28-17-8-6-16(7-9-17)14-23-15-21(20(23)25)10-12-24(13-11-21)29(26,27)19-5-3-2-4-18(19)22/h2-9H,10-15H2,1H3. The van der Waals surface area contributed by atoms with Crippen molar-refractivity contribution in [2.75, 3.05) is 26.7 Å². The second-order valence-corrected chi connectivity index (χ2v) is 9.94. The van der Waals surface area contributed by atoms with Crippen molar-refractivity contribution in [3.63, 3.8) is 0 Å². The zero-order chi connectivity index (χ0) is 20.6. The van der Waals surface area contributed by atoms with Gasteiger partial charge < -0.3 is 9.64 Å². The third-order valence-electron chi connectivity index (χ3n) is 5.90. The fourth-order valence-electron chi connectivity index (χ4n) is 4.15. The number of piperidine rings is 1. The molecule has 0 radical (unpaired) electrons. The number of amides is 1. The highest BCUT2D eigenvalue weighted by atomic mass is 35.5. The van der Waals surface area contributed by atoms with E-state index in [1.165, 1.54) is 10.4 Å². The Morgan fingerprint density at radius 3 is 2.31 bits per heavy atom. The number of methoxy groups -OCH3 is 1. The number of hydrogen-bond donors (Lipinski definition) is 0. The SMILES string of the molecule is COc1ccc(CN2CC3(CCN(S(=O)(=O)c4ccccc4Cl)CC3)C2=O)cc1. The van der Waals surface area contributed by atoms with Crippen LogP contribution in [0.2, 0.25) is 5.02 Å². The molecule has 1 amide bonds. The normalized spacial score (nSPS) is 19.2. The van der Waals surface area contributed by atoms with E-state index in [2.05, 4.69) is 0 Å². The van der Waals surface area contributed by atoms with Gasteiger partial charge in [0, 0.05) is 26.2 Å². The molecular formula is C21H23ClN2O4S. The quantitative estimate of drug-likeness (QED) is 0.678. The summed E-state index contributed by atoms with van der Waals surface area (Å²) in [6.07, 6.45) is 1.07. The summed E-state index contributed by atoms with van der Waals surface area (Å²) in [5.41, 5.74) is 0.617. The smallest absolute Gasteiger partial charge is 0.244 e. The van der Waals surface area contributed by atoms with Crippen molar-refractivity contribution in [2.24, 2.45) is 5.41 Å². The Morgan fingerprint density at radius 1 is 1.07 bits per heavy atom. The summed E-state index contributed by atoms with van der Waals surface area (Å²) in [5.74, 6) is 0.898. The number of hydrogen-bond acceptors (Lipinski definition) is 4. The number of rotatable bonds is 5. The molecule has 8 heteroatoms. The van der Waals surface area contributed by atoms with E-state index in [4.69, 9.17) is 16.3 Å². The Kier molecular flexibility index (Phi) is 5.31. The minimum Gasteiger partial charge on any atom is -0.497 e. The zero-order valence-corrected chi connectivity index (χ0v) is 17.7. The monoisotopic (exact) mass is 434 g/mol. The summed E-state index contributed by atoms with van der Waals surface area (Å²) in [7, 11) is -2.03. The lowest BCUT2D eigenvalue weighted by molar-refractivity contribution is -0.165. The summed E-state index contributed by atoms with van der Waals surface area (Å²) >= 11 is 6.09. The van der Waals surface area contributed by atoms with Crippen LogP contribution in [0, 0.1) is 5.41 Å². The van der Waals surface area contributed by atoms with Crippen LogP contribution in [-0.4, -0.2) is 50.3 Å². The van der Waals surface area contributed by atoms with Crippen molar-refractivity contribution in [3.8, 4) is 5.75 Å². The average molecular weight is 435 g/mol. The molecule has 2 aromatic rings. The van der Waals surface area contributed by atoms with Crippen molar-refractivity contribution in [1.29, 1.82) is 0 Å². The van der Waals surface area contributed by atoms with Crippen LogP contribution in [0.4, 0.5) is 0 Å². The van der Waals surface area contributed by atoms with Crippen LogP contribution in [0.15, 0.2) is 53.4 Å². The second-order valence-electron chi connectivity index (χ2n) is 7.62. The zero-order valence-electron chi connectivity index (χ0n) is 16.2. The average Bonchev–Trinajstić information content (AvgIpc) is 2.74. The molecule has 0 atom stereocenters. The van der Waals surface area contributed by atoms with E-state index in [9.17, 15) is 13.2 Å². The number of benzene rings is 2. The molecule has 1 spiro atoms. The van der Waals surface area contributed by atoms with Crippen molar-refractivity contribution < 1.29 is 17.9 Å². The summed E-state index contributed by atoms with van der Waals surface area (Å²) in [4.78, 5) is 14.8. The molecule has 2 fully saturated rings. The third-order valence-corrected chi connectivity index (χ3v) is 8.30. The van der Waals surface area contributed by atoms with Crippen LogP contribution >= 0.6 is 11.6 Å². The topological polar surface area (TPSA) is 66.9 Å². The molecule has 154 valence electrons. The number of ether oxygens (including phenoxy) is 1. The molecule has 2 aliphatic heterocycles. The first-order valence-corrected chi connectivity index (χ1v) is 11.3. The lowest BCUT2D eigenvalue weighted by Gasteiger charge is -2.52. The largest absolute Gasteiger partial charge is 0.497 e. The fourth-order valence-corrected chi connectivity index (χ4v) is 6.08. The molecule has 0 bridgehead atoms. The molecular weight excluding hydrogens is 412 g/mol. The lowest BCUT2D eigenvalue weighted by Crippen LogP contribution is -2.64. The minimum absolute atomic E-state index is 0.114. The van der Waals surface area contributed by atoms with Gasteiger partial charge >= 0.3 is 0 Å². The van der Waals surface area contributed by atoms with Gasteiger partial charge in [-0.3, -0.25) is 4.79 Å². The van der Waals surface area contributed by atoms with E-state index in [1.807, 2.05) is 29.2 Å². The Balaban J connectivity index is 1.38. The highest BCUT2D eigenvalue weighted by Crippen LogP contribution is 2.43. The molecule has 29 heavy (non-hydrogen) atoms. The van der Waals surface area contributed by atoms with Gasteiger partial charge in [-0.15, -0.1) is 0 Å². The van der Waals surface area contributed by atoms with E-state index in [-0.39, 0.29) is 15.8 Å². The first kappa shape index (κ1) is 20.2. The van der Waals surface area contributed by atoms with Gasteiger partial charge in [0.2, 0.25) is 15.9 Å². The molecule has 4 rings (SSSR count). The molecule has 2 heterocycles. The van der Waals surface area contributed by atoms with E-state index in [0.717, 1.165) is 11.3 Å². The van der Waals surface area contributed by atoms with Gasteiger partial charge in [-0.05, 0) is 42.7 Å².